The molecule has 2 aliphatic rings. The summed E-state index contributed by atoms with van der Waals surface area (Å²) in [6, 6.07) is 4.10. The van der Waals surface area contributed by atoms with Crippen molar-refractivity contribution in [1.82, 2.24) is 20.2 Å². The van der Waals surface area contributed by atoms with E-state index in [0.717, 1.165) is 37.8 Å². The predicted molar refractivity (Wildman–Crippen MR) is 94.5 cm³/mol. The van der Waals surface area contributed by atoms with Crippen molar-refractivity contribution in [3.63, 3.8) is 0 Å². The molecule has 2 aromatic rings. The fourth-order valence-corrected chi connectivity index (χ4v) is 3.46. The zero-order valence-electron chi connectivity index (χ0n) is 14.2. The van der Waals surface area contributed by atoms with Gasteiger partial charge in [0.2, 0.25) is 0 Å². The average Bonchev–Trinajstić information content (AvgIpc) is 2.69. The molecule has 0 atom stereocenters. The van der Waals surface area contributed by atoms with Crippen molar-refractivity contribution < 1.29 is 4.39 Å². The SMILES string of the molecule is Fc1cncnc1N1CCN(c2ccc(N3CCCCC3)nn2)CC1. The Kier molecular flexibility index (Phi) is 4.58. The summed E-state index contributed by atoms with van der Waals surface area (Å²) in [5.41, 5.74) is 0. The maximum Gasteiger partial charge on any atom is 0.183 e. The second-order valence-corrected chi connectivity index (χ2v) is 6.47. The van der Waals surface area contributed by atoms with Gasteiger partial charge in [0.05, 0.1) is 6.20 Å². The van der Waals surface area contributed by atoms with Crippen LogP contribution in [0.3, 0.4) is 0 Å². The van der Waals surface area contributed by atoms with E-state index in [-0.39, 0.29) is 5.82 Å². The van der Waals surface area contributed by atoms with Crippen molar-refractivity contribution in [2.75, 3.05) is 54.0 Å². The van der Waals surface area contributed by atoms with Gasteiger partial charge in [0.15, 0.2) is 23.3 Å². The predicted octanol–water partition coefficient (Wildman–Crippen LogP) is 1.72. The number of anilines is 3. The van der Waals surface area contributed by atoms with E-state index in [4.69, 9.17) is 0 Å². The molecular weight excluding hydrogens is 321 g/mol. The molecule has 0 radical (unpaired) electrons. The van der Waals surface area contributed by atoms with Crippen molar-refractivity contribution >= 4 is 17.5 Å². The second kappa shape index (κ2) is 7.16. The van der Waals surface area contributed by atoms with Gasteiger partial charge < -0.3 is 14.7 Å². The number of rotatable bonds is 3. The topological polar surface area (TPSA) is 61.3 Å². The van der Waals surface area contributed by atoms with Gasteiger partial charge in [-0.3, -0.25) is 0 Å². The molecule has 0 aliphatic carbocycles. The molecule has 0 saturated carbocycles. The van der Waals surface area contributed by atoms with E-state index in [1.165, 1.54) is 31.8 Å². The molecule has 0 spiro atoms. The Bertz CT molecular complexity index is 694. The third-order valence-corrected chi connectivity index (χ3v) is 4.87. The van der Waals surface area contributed by atoms with Gasteiger partial charge in [-0.05, 0) is 31.4 Å². The van der Waals surface area contributed by atoms with Crippen LogP contribution in [0.5, 0.6) is 0 Å². The summed E-state index contributed by atoms with van der Waals surface area (Å²) < 4.78 is 13.8. The fourth-order valence-electron chi connectivity index (χ4n) is 3.46. The van der Waals surface area contributed by atoms with Crippen LogP contribution in [0.25, 0.3) is 0 Å². The number of nitrogens with zero attached hydrogens (tertiary/aromatic N) is 7. The molecule has 7 nitrogen and oxygen atoms in total. The van der Waals surface area contributed by atoms with E-state index < -0.39 is 0 Å². The Morgan fingerprint density at radius 1 is 0.760 bits per heavy atom. The fraction of sp³-hybridized carbons (Fsp3) is 0.529. The Morgan fingerprint density at radius 2 is 1.36 bits per heavy atom. The standard InChI is InChI=1S/C17H22FN7/c18-14-12-19-13-20-17(14)25-10-8-24(9-11-25)16-5-4-15(21-22-16)23-6-2-1-3-7-23/h4-5,12-13H,1-3,6-11H2. The van der Waals surface area contributed by atoms with Crippen LogP contribution in [0.15, 0.2) is 24.7 Å². The molecule has 2 aromatic heterocycles. The number of hydrogen-bond donors (Lipinski definition) is 0. The minimum atomic E-state index is -0.373. The molecule has 2 fully saturated rings. The largest absolute Gasteiger partial charge is 0.355 e. The molecule has 25 heavy (non-hydrogen) atoms. The lowest BCUT2D eigenvalue weighted by Gasteiger charge is -2.36. The third-order valence-electron chi connectivity index (χ3n) is 4.87. The molecule has 132 valence electrons. The van der Waals surface area contributed by atoms with Crippen LogP contribution >= 0.6 is 0 Å². The first-order valence-corrected chi connectivity index (χ1v) is 8.85. The van der Waals surface area contributed by atoms with Gasteiger partial charge in [0.1, 0.15) is 6.33 Å². The highest BCUT2D eigenvalue weighted by Crippen LogP contribution is 2.21. The lowest BCUT2D eigenvalue weighted by Crippen LogP contribution is -2.47. The van der Waals surface area contributed by atoms with Crippen LogP contribution in [-0.4, -0.2) is 59.4 Å². The maximum atomic E-state index is 13.8. The Labute approximate surface area is 146 Å². The molecule has 2 saturated heterocycles. The van der Waals surface area contributed by atoms with Crippen molar-refractivity contribution in [2.24, 2.45) is 0 Å². The summed E-state index contributed by atoms with van der Waals surface area (Å²) in [7, 11) is 0. The highest BCUT2D eigenvalue weighted by Gasteiger charge is 2.22. The minimum Gasteiger partial charge on any atom is -0.355 e. The number of aromatic nitrogens is 4. The second-order valence-electron chi connectivity index (χ2n) is 6.47. The molecule has 4 heterocycles. The molecular formula is C17H22FN7. The van der Waals surface area contributed by atoms with E-state index in [0.29, 0.717) is 18.9 Å². The Balaban J connectivity index is 1.38. The average molecular weight is 343 g/mol. The zero-order valence-corrected chi connectivity index (χ0v) is 14.2. The van der Waals surface area contributed by atoms with Crippen LogP contribution < -0.4 is 14.7 Å². The van der Waals surface area contributed by atoms with E-state index in [1.54, 1.807) is 0 Å². The summed E-state index contributed by atoms with van der Waals surface area (Å²) in [4.78, 5) is 14.2. The third kappa shape index (κ3) is 3.47. The molecule has 0 N–H and O–H groups in total. The summed E-state index contributed by atoms with van der Waals surface area (Å²) in [5.74, 6) is 1.84. The van der Waals surface area contributed by atoms with E-state index in [1.807, 2.05) is 11.0 Å². The van der Waals surface area contributed by atoms with Crippen molar-refractivity contribution in [2.45, 2.75) is 19.3 Å². The molecule has 0 bridgehead atoms. The molecule has 0 unspecified atom stereocenters. The van der Waals surface area contributed by atoms with E-state index in [9.17, 15) is 4.39 Å². The van der Waals surface area contributed by atoms with Gasteiger partial charge in [-0.15, -0.1) is 10.2 Å². The number of piperidine rings is 1. The first-order valence-electron chi connectivity index (χ1n) is 8.85. The van der Waals surface area contributed by atoms with Gasteiger partial charge in [-0.2, -0.15) is 0 Å². The van der Waals surface area contributed by atoms with Crippen molar-refractivity contribution in [3.8, 4) is 0 Å². The van der Waals surface area contributed by atoms with E-state index >= 15 is 0 Å². The smallest absolute Gasteiger partial charge is 0.183 e. The molecule has 8 heteroatoms. The Morgan fingerprint density at radius 3 is 1.96 bits per heavy atom. The summed E-state index contributed by atoms with van der Waals surface area (Å²) in [6.07, 6.45) is 6.35. The number of piperazine rings is 1. The van der Waals surface area contributed by atoms with Crippen LogP contribution in [0.4, 0.5) is 21.8 Å². The van der Waals surface area contributed by atoms with Gasteiger partial charge in [-0.25, -0.2) is 14.4 Å². The normalized spacial score (nSPS) is 18.5. The minimum absolute atomic E-state index is 0.373. The highest BCUT2D eigenvalue weighted by molar-refractivity contribution is 5.48. The summed E-state index contributed by atoms with van der Waals surface area (Å²) in [6.45, 7) is 5.06. The lowest BCUT2D eigenvalue weighted by atomic mass is 10.1. The highest BCUT2D eigenvalue weighted by atomic mass is 19.1. The van der Waals surface area contributed by atoms with Gasteiger partial charge >= 0.3 is 0 Å². The number of hydrogen-bond acceptors (Lipinski definition) is 7. The van der Waals surface area contributed by atoms with Crippen LogP contribution in [0.2, 0.25) is 0 Å². The lowest BCUT2D eigenvalue weighted by molar-refractivity contribution is 0.569. The molecule has 0 amide bonds. The molecule has 2 aliphatic heterocycles. The Hall–Kier alpha value is -2.51. The van der Waals surface area contributed by atoms with Crippen LogP contribution in [0, 0.1) is 5.82 Å². The van der Waals surface area contributed by atoms with Crippen LogP contribution in [0.1, 0.15) is 19.3 Å². The number of halogens is 1. The zero-order chi connectivity index (χ0) is 17.1. The maximum absolute atomic E-state index is 13.8. The monoisotopic (exact) mass is 343 g/mol. The first kappa shape index (κ1) is 16.0. The quantitative estimate of drug-likeness (QED) is 0.841. The summed E-state index contributed by atoms with van der Waals surface area (Å²) in [5, 5.41) is 8.82. The van der Waals surface area contributed by atoms with Crippen molar-refractivity contribution in [3.05, 3.63) is 30.5 Å². The van der Waals surface area contributed by atoms with Crippen molar-refractivity contribution in [1.29, 1.82) is 0 Å². The van der Waals surface area contributed by atoms with Gasteiger partial charge in [0, 0.05) is 39.3 Å². The van der Waals surface area contributed by atoms with Gasteiger partial charge in [-0.1, -0.05) is 0 Å². The van der Waals surface area contributed by atoms with E-state index in [2.05, 4.69) is 36.0 Å². The first-order chi connectivity index (χ1) is 12.3. The summed E-state index contributed by atoms with van der Waals surface area (Å²) >= 11 is 0. The molecule has 0 aromatic carbocycles. The van der Waals surface area contributed by atoms with Gasteiger partial charge in [0.25, 0.3) is 0 Å². The molecule has 4 rings (SSSR count). The van der Waals surface area contributed by atoms with Crippen LogP contribution in [-0.2, 0) is 0 Å².